The zero-order valence-corrected chi connectivity index (χ0v) is 24.6. The third-order valence-electron chi connectivity index (χ3n) is 7.09. The summed E-state index contributed by atoms with van der Waals surface area (Å²) < 4.78 is 11.5. The van der Waals surface area contributed by atoms with E-state index in [-0.39, 0.29) is 24.8 Å². The molecule has 1 N–H and O–H groups in total. The first-order valence-electron chi connectivity index (χ1n) is 12.8. The molecule has 1 heterocycles. The van der Waals surface area contributed by atoms with E-state index in [0.717, 1.165) is 21.6 Å². The van der Waals surface area contributed by atoms with Crippen LogP contribution in [0.25, 0.3) is 0 Å². The number of halogens is 1. The summed E-state index contributed by atoms with van der Waals surface area (Å²) in [6.45, 7) is 7.18. The summed E-state index contributed by atoms with van der Waals surface area (Å²) in [6.07, 6.45) is 1.43. The van der Waals surface area contributed by atoms with Crippen molar-refractivity contribution >= 4 is 41.2 Å². The number of rotatable bonds is 8. The van der Waals surface area contributed by atoms with Gasteiger partial charge in [0.25, 0.3) is 0 Å². The monoisotopic (exact) mass is 581 g/mol. The minimum absolute atomic E-state index is 0.0536. The van der Waals surface area contributed by atoms with Crippen molar-refractivity contribution < 1.29 is 29.0 Å². The molecule has 1 saturated heterocycles. The van der Waals surface area contributed by atoms with Crippen molar-refractivity contribution in [3.63, 3.8) is 0 Å². The lowest BCUT2D eigenvalue weighted by Crippen LogP contribution is -2.38. The fourth-order valence-corrected chi connectivity index (χ4v) is 5.39. The van der Waals surface area contributed by atoms with Gasteiger partial charge in [0.1, 0.15) is 11.5 Å². The molecule has 3 aromatic rings. The number of hydrogen-bond acceptors (Lipinski definition) is 6. The Labute approximate surface area is 243 Å². The average Bonchev–Trinajstić information content (AvgIpc) is 3.37. The van der Waals surface area contributed by atoms with E-state index in [2.05, 4.69) is 0 Å². The maximum absolute atomic E-state index is 13.8. The van der Waals surface area contributed by atoms with Crippen LogP contribution < -0.4 is 9.47 Å². The summed E-state index contributed by atoms with van der Waals surface area (Å²) in [5, 5.41) is 10.1. The number of nitrogens with zero attached hydrogens (tertiary/aromatic N) is 1. The number of benzene rings is 3. The predicted octanol–water partition coefficient (Wildman–Crippen LogP) is 7.02. The van der Waals surface area contributed by atoms with Crippen molar-refractivity contribution in [2.24, 2.45) is 5.92 Å². The highest BCUT2D eigenvalue weighted by Gasteiger charge is 2.42. The van der Waals surface area contributed by atoms with Crippen LogP contribution in [0.1, 0.15) is 46.8 Å². The van der Waals surface area contributed by atoms with Gasteiger partial charge in [-0.2, -0.15) is 0 Å². The highest BCUT2D eigenvalue weighted by atomic mass is 35.5. The Hall–Kier alpha value is -3.49. The van der Waals surface area contributed by atoms with Gasteiger partial charge < -0.3 is 19.5 Å². The lowest BCUT2D eigenvalue weighted by Gasteiger charge is -2.26. The molecule has 1 unspecified atom stereocenters. The standard InChI is InChI=1S/C31H32ClNO6S/c1-18-14-21(15-19(2)28(18)39-31(3,4)29(35)36)25-16-33(30(37)38-23-10-8-22(32)9-11-23)17-26(25)27(34)20-6-12-24(40-5)13-7-20/h6-15,25-26H,16-17H2,1-5H3,(H,35,36)/t25-,26?/m1/s1. The molecule has 1 aliphatic rings. The molecule has 210 valence electrons. The lowest BCUT2D eigenvalue weighted by atomic mass is 9.82. The number of likely N-dealkylation sites (tertiary alicyclic amines) is 1. The molecule has 0 saturated carbocycles. The molecule has 7 nitrogen and oxygen atoms in total. The van der Waals surface area contributed by atoms with E-state index >= 15 is 0 Å². The van der Waals surface area contributed by atoms with E-state index < -0.39 is 23.6 Å². The quantitative estimate of drug-likeness (QED) is 0.226. The van der Waals surface area contributed by atoms with Crippen molar-refractivity contribution in [3.8, 4) is 11.5 Å². The topological polar surface area (TPSA) is 93.1 Å². The molecule has 2 atom stereocenters. The second-order valence-electron chi connectivity index (χ2n) is 10.4. The summed E-state index contributed by atoms with van der Waals surface area (Å²) in [4.78, 5) is 41.2. The largest absolute Gasteiger partial charge is 0.478 e. The van der Waals surface area contributed by atoms with Gasteiger partial charge in [-0.15, -0.1) is 11.8 Å². The number of carbonyl (C=O) groups is 3. The molecular weight excluding hydrogens is 550 g/mol. The molecule has 0 spiro atoms. The Bertz CT molecular complexity index is 1400. The number of thioether (sulfide) groups is 1. The van der Waals surface area contributed by atoms with Gasteiger partial charge in [0.15, 0.2) is 11.4 Å². The third-order valence-corrected chi connectivity index (χ3v) is 8.09. The summed E-state index contributed by atoms with van der Waals surface area (Å²) in [5.41, 5.74) is 1.55. The van der Waals surface area contributed by atoms with E-state index in [4.69, 9.17) is 21.1 Å². The Balaban J connectivity index is 1.66. The van der Waals surface area contributed by atoms with Crippen molar-refractivity contribution in [1.29, 1.82) is 0 Å². The van der Waals surface area contributed by atoms with Gasteiger partial charge in [0.05, 0.1) is 0 Å². The Morgan fingerprint density at radius 1 is 0.975 bits per heavy atom. The van der Waals surface area contributed by atoms with Crippen LogP contribution in [-0.4, -0.2) is 52.8 Å². The van der Waals surface area contributed by atoms with Gasteiger partial charge in [-0.25, -0.2) is 9.59 Å². The Morgan fingerprint density at radius 2 is 1.57 bits per heavy atom. The first-order chi connectivity index (χ1) is 18.9. The van der Waals surface area contributed by atoms with E-state index in [1.165, 1.54) is 13.8 Å². The number of ketones is 1. The van der Waals surface area contributed by atoms with Gasteiger partial charge in [-0.3, -0.25) is 4.79 Å². The number of aliphatic carboxylic acids is 1. The van der Waals surface area contributed by atoms with E-state index in [9.17, 15) is 19.5 Å². The second kappa shape index (κ2) is 11.9. The van der Waals surface area contributed by atoms with Gasteiger partial charge in [-0.05, 0) is 87.0 Å². The zero-order chi connectivity index (χ0) is 29.2. The van der Waals surface area contributed by atoms with Crippen LogP contribution in [0.5, 0.6) is 11.5 Å². The zero-order valence-electron chi connectivity index (χ0n) is 23.1. The molecule has 1 amide bonds. The molecule has 0 radical (unpaired) electrons. The van der Waals surface area contributed by atoms with Crippen molar-refractivity contribution in [3.05, 3.63) is 87.9 Å². The number of aryl methyl sites for hydroxylation is 2. The molecule has 3 aromatic carbocycles. The van der Waals surface area contributed by atoms with Crippen LogP contribution in [-0.2, 0) is 4.79 Å². The minimum atomic E-state index is -1.41. The van der Waals surface area contributed by atoms with Gasteiger partial charge in [0, 0.05) is 40.4 Å². The third kappa shape index (κ3) is 6.45. The van der Waals surface area contributed by atoms with E-state index in [1.807, 2.05) is 56.5 Å². The van der Waals surface area contributed by atoms with Crippen LogP contribution in [0.15, 0.2) is 65.6 Å². The molecule has 1 aliphatic heterocycles. The van der Waals surface area contributed by atoms with Crippen LogP contribution in [0, 0.1) is 19.8 Å². The molecule has 0 bridgehead atoms. The van der Waals surface area contributed by atoms with Crippen molar-refractivity contribution in [2.75, 3.05) is 19.3 Å². The Kier molecular flexibility index (Phi) is 8.80. The number of amides is 1. The SMILES string of the molecule is CSc1ccc(C(=O)C2CN(C(=O)Oc3ccc(Cl)cc3)C[C@@H]2c2cc(C)c(OC(C)(C)C(=O)O)c(C)c2)cc1. The van der Waals surface area contributed by atoms with Crippen molar-refractivity contribution in [1.82, 2.24) is 4.90 Å². The van der Waals surface area contributed by atoms with Crippen LogP contribution in [0.3, 0.4) is 0 Å². The van der Waals surface area contributed by atoms with Crippen LogP contribution in [0.2, 0.25) is 5.02 Å². The van der Waals surface area contributed by atoms with Crippen LogP contribution in [0.4, 0.5) is 4.79 Å². The predicted molar refractivity (Wildman–Crippen MR) is 156 cm³/mol. The first kappa shape index (κ1) is 29.5. The molecule has 4 rings (SSSR count). The molecule has 0 aliphatic carbocycles. The minimum Gasteiger partial charge on any atom is -0.478 e. The van der Waals surface area contributed by atoms with Gasteiger partial charge >= 0.3 is 12.1 Å². The smallest absolute Gasteiger partial charge is 0.415 e. The number of ether oxygens (including phenoxy) is 2. The molecule has 9 heteroatoms. The first-order valence-corrected chi connectivity index (χ1v) is 14.4. The molecule has 40 heavy (non-hydrogen) atoms. The number of Topliss-reactive ketones (excluding diaryl/α,β-unsaturated/α-hetero) is 1. The van der Waals surface area contributed by atoms with E-state index in [1.54, 1.807) is 40.9 Å². The molecule has 1 fully saturated rings. The average molecular weight is 582 g/mol. The van der Waals surface area contributed by atoms with Gasteiger partial charge in [-0.1, -0.05) is 35.9 Å². The highest BCUT2D eigenvalue weighted by Crippen LogP contribution is 2.39. The maximum atomic E-state index is 13.8. The second-order valence-corrected chi connectivity index (χ2v) is 11.8. The summed E-state index contributed by atoms with van der Waals surface area (Å²) in [5.74, 6) is -1.07. The molecular formula is C31H32ClNO6S. The lowest BCUT2D eigenvalue weighted by molar-refractivity contribution is -0.152. The number of carboxylic acid groups (broad SMARTS) is 1. The fourth-order valence-electron chi connectivity index (χ4n) is 4.85. The summed E-state index contributed by atoms with van der Waals surface area (Å²) in [7, 11) is 0. The number of carbonyl (C=O) groups excluding carboxylic acids is 2. The fraction of sp³-hybridized carbons (Fsp3) is 0.323. The molecule has 0 aromatic heterocycles. The summed E-state index contributed by atoms with van der Waals surface area (Å²) in [6, 6.07) is 17.8. The summed E-state index contributed by atoms with van der Waals surface area (Å²) >= 11 is 7.55. The van der Waals surface area contributed by atoms with E-state index in [0.29, 0.717) is 22.1 Å². The maximum Gasteiger partial charge on any atom is 0.415 e. The Morgan fingerprint density at radius 3 is 2.12 bits per heavy atom. The van der Waals surface area contributed by atoms with Gasteiger partial charge in [0.2, 0.25) is 0 Å². The number of carboxylic acids is 1. The van der Waals surface area contributed by atoms with Crippen molar-refractivity contribution in [2.45, 2.75) is 44.1 Å². The normalized spacial score (nSPS) is 17.0. The highest BCUT2D eigenvalue weighted by molar-refractivity contribution is 7.98. The number of hydrogen-bond donors (Lipinski definition) is 1. The van der Waals surface area contributed by atoms with Crippen LogP contribution >= 0.6 is 23.4 Å².